The molecule has 0 saturated carbocycles. The Balaban J connectivity index is 1.53. The summed E-state index contributed by atoms with van der Waals surface area (Å²) in [5.74, 6) is 1.55. The van der Waals surface area contributed by atoms with Gasteiger partial charge in [0.15, 0.2) is 0 Å². The number of rotatable bonds is 10. The molecule has 0 amide bonds. The van der Waals surface area contributed by atoms with Crippen molar-refractivity contribution in [2.45, 2.75) is 45.1 Å². The average Bonchev–Trinajstić information content (AvgIpc) is 2.57. The third-order valence-corrected chi connectivity index (χ3v) is 3.93. The second kappa shape index (κ2) is 9.71. The van der Waals surface area contributed by atoms with Crippen LogP contribution in [0.1, 0.15) is 39.0 Å². The Bertz CT molecular complexity index is 616. The molecule has 2 aromatic rings. The third kappa shape index (κ3) is 6.03. The van der Waals surface area contributed by atoms with Gasteiger partial charge in [0.2, 0.25) is 0 Å². The minimum atomic E-state index is 0.176. The molecule has 130 valence electrons. The van der Waals surface area contributed by atoms with Crippen molar-refractivity contribution in [1.82, 2.24) is 0 Å². The number of ether oxygens (including phenoxy) is 2. The molecule has 0 saturated heterocycles. The summed E-state index contributed by atoms with van der Waals surface area (Å²) in [6.07, 6.45) is 5.70. The number of hydrogen-bond donors (Lipinski definition) is 2. The van der Waals surface area contributed by atoms with Gasteiger partial charge >= 0.3 is 0 Å². The molecule has 0 radical (unpaired) electrons. The molecule has 2 rings (SSSR count). The number of anilines is 2. The summed E-state index contributed by atoms with van der Waals surface area (Å²) in [5, 5.41) is 0. The van der Waals surface area contributed by atoms with E-state index >= 15 is 0 Å². The van der Waals surface area contributed by atoms with E-state index < -0.39 is 0 Å². The molecular weight excluding hydrogens is 300 g/mol. The summed E-state index contributed by atoms with van der Waals surface area (Å²) in [7, 11) is 0. The molecule has 1 unspecified atom stereocenters. The molecule has 0 heterocycles. The van der Waals surface area contributed by atoms with Crippen LogP contribution in [0.25, 0.3) is 0 Å². The number of benzene rings is 2. The summed E-state index contributed by atoms with van der Waals surface area (Å²) in [6, 6.07) is 15.2. The first-order valence-corrected chi connectivity index (χ1v) is 8.65. The molecule has 1 atom stereocenters. The van der Waals surface area contributed by atoms with Gasteiger partial charge in [-0.15, -0.1) is 0 Å². The van der Waals surface area contributed by atoms with E-state index in [0.29, 0.717) is 18.0 Å². The zero-order valence-corrected chi connectivity index (χ0v) is 14.4. The summed E-state index contributed by atoms with van der Waals surface area (Å²) < 4.78 is 11.6. The van der Waals surface area contributed by atoms with Crippen LogP contribution in [0, 0.1) is 0 Å². The fraction of sp³-hybridized carbons (Fsp3) is 0.400. The van der Waals surface area contributed by atoms with Crippen molar-refractivity contribution in [3.05, 3.63) is 48.5 Å². The van der Waals surface area contributed by atoms with Gasteiger partial charge in [0.25, 0.3) is 0 Å². The molecular formula is C20H28N2O2. The van der Waals surface area contributed by atoms with Crippen LogP contribution in [0.4, 0.5) is 11.4 Å². The van der Waals surface area contributed by atoms with Crippen molar-refractivity contribution in [3.63, 3.8) is 0 Å². The number of hydrogen-bond acceptors (Lipinski definition) is 4. The third-order valence-electron chi connectivity index (χ3n) is 3.93. The van der Waals surface area contributed by atoms with E-state index in [9.17, 15) is 0 Å². The lowest BCUT2D eigenvalue weighted by molar-refractivity contribution is 0.207. The molecule has 0 spiro atoms. The summed E-state index contributed by atoms with van der Waals surface area (Å²) in [5.41, 5.74) is 13.1. The smallest absolute Gasteiger partial charge is 0.142 e. The molecule has 0 aromatic heterocycles. The predicted octanol–water partition coefficient (Wildman–Crippen LogP) is 4.65. The van der Waals surface area contributed by atoms with Crippen LogP contribution in [-0.4, -0.2) is 12.7 Å². The Hall–Kier alpha value is -2.36. The van der Waals surface area contributed by atoms with Crippen LogP contribution in [0.15, 0.2) is 48.5 Å². The Kier molecular flexibility index (Phi) is 7.27. The maximum absolute atomic E-state index is 5.89. The first-order valence-electron chi connectivity index (χ1n) is 8.65. The van der Waals surface area contributed by atoms with Crippen molar-refractivity contribution in [2.24, 2.45) is 0 Å². The van der Waals surface area contributed by atoms with Gasteiger partial charge in [-0.2, -0.15) is 0 Å². The Labute approximate surface area is 144 Å². The van der Waals surface area contributed by atoms with Crippen molar-refractivity contribution >= 4 is 11.4 Å². The van der Waals surface area contributed by atoms with E-state index in [1.165, 1.54) is 6.42 Å². The quantitative estimate of drug-likeness (QED) is 0.492. The van der Waals surface area contributed by atoms with Crippen molar-refractivity contribution in [1.29, 1.82) is 0 Å². The van der Waals surface area contributed by atoms with E-state index in [-0.39, 0.29) is 6.10 Å². The Morgan fingerprint density at radius 2 is 1.38 bits per heavy atom. The topological polar surface area (TPSA) is 70.5 Å². The minimum absolute atomic E-state index is 0.176. The lowest BCUT2D eigenvalue weighted by atomic mass is 10.1. The van der Waals surface area contributed by atoms with E-state index in [1.807, 2.05) is 48.5 Å². The molecule has 4 N–H and O–H groups in total. The van der Waals surface area contributed by atoms with Gasteiger partial charge in [-0.25, -0.2) is 0 Å². The molecule has 0 aliphatic carbocycles. The molecule has 2 aromatic carbocycles. The van der Waals surface area contributed by atoms with Crippen LogP contribution in [0.3, 0.4) is 0 Å². The molecule has 0 fully saturated rings. The second-order valence-corrected chi connectivity index (χ2v) is 6.06. The van der Waals surface area contributed by atoms with E-state index in [4.69, 9.17) is 20.9 Å². The summed E-state index contributed by atoms with van der Waals surface area (Å²) in [6.45, 7) is 2.80. The Morgan fingerprint density at radius 1 is 0.792 bits per heavy atom. The number of para-hydroxylation sites is 4. The normalized spacial score (nSPS) is 11.9. The number of nitrogens with two attached hydrogens (primary N) is 2. The molecule has 4 nitrogen and oxygen atoms in total. The van der Waals surface area contributed by atoms with Crippen molar-refractivity contribution in [2.75, 3.05) is 18.1 Å². The lowest BCUT2D eigenvalue weighted by Gasteiger charge is -2.16. The largest absolute Gasteiger partial charge is 0.491 e. The molecule has 4 heteroatoms. The van der Waals surface area contributed by atoms with Crippen LogP contribution in [0.5, 0.6) is 11.5 Å². The standard InChI is InChI=1S/C20H28N2O2/c1-16(24-20-14-8-6-12-18(20)22)10-4-2-3-9-15-23-19-13-7-5-11-17(19)21/h5-8,11-14,16H,2-4,9-10,15,21-22H2,1H3. The number of nitrogen functional groups attached to an aromatic ring is 2. The van der Waals surface area contributed by atoms with Crippen LogP contribution < -0.4 is 20.9 Å². The highest BCUT2D eigenvalue weighted by Crippen LogP contribution is 2.23. The fourth-order valence-corrected chi connectivity index (χ4v) is 2.55. The SMILES string of the molecule is CC(CCCCCCOc1ccccc1N)Oc1ccccc1N. The molecule has 24 heavy (non-hydrogen) atoms. The van der Waals surface area contributed by atoms with Gasteiger partial charge in [-0.3, -0.25) is 0 Å². The highest BCUT2D eigenvalue weighted by Gasteiger charge is 2.06. The molecule has 0 bridgehead atoms. The van der Waals surface area contributed by atoms with Gasteiger partial charge in [0.1, 0.15) is 11.5 Å². The number of unbranched alkanes of at least 4 members (excludes halogenated alkanes) is 3. The highest BCUT2D eigenvalue weighted by atomic mass is 16.5. The van der Waals surface area contributed by atoms with E-state index in [1.54, 1.807) is 0 Å². The maximum Gasteiger partial charge on any atom is 0.142 e. The van der Waals surface area contributed by atoms with E-state index in [0.717, 1.165) is 37.2 Å². The lowest BCUT2D eigenvalue weighted by Crippen LogP contribution is -2.12. The average molecular weight is 328 g/mol. The first-order chi connectivity index (χ1) is 11.7. The monoisotopic (exact) mass is 328 g/mol. The molecule has 0 aliphatic rings. The fourth-order valence-electron chi connectivity index (χ4n) is 2.55. The van der Waals surface area contributed by atoms with Gasteiger partial charge in [0.05, 0.1) is 24.1 Å². The zero-order chi connectivity index (χ0) is 17.2. The van der Waals surface area contributed by atoms with Gasteiger partial charge < -0.3 is 20.9 Å². The van der Waals surface area contributed by atoms with Crippen LogP contribution >= 0.6 is 0 Å². The van der Waals surface area contributed by atoms with Crippen LogP contribution in [0.2, 0.25) is 0 Å². The maximum atomic E-state index is 5.89. The van der Waals surface area contributed by atoms with Gasteiger partial charge in [-0.05, 0) is 50.5 Å². The van der Waals surface area contributed by atoms with Gasteiger partial charge in [0, 0.05) is 0 Å². The predicted molar refractivity (Wildman–Crippen MR) is 100 cm³/mol. The first kappa shape index (κ1) is 18.0. The zero-order valence-electron chi connectivity index (χ0n) is 14.4. The summed E-state index contributed by atoms with van der Waals surface area (Å²) >= 11 is 0. The highest BCUT2D eigenvalue weighted by molar-refractivity contribution is 5.52. The van der Waals surface area contributed by atoms with E-state index in [2.05, 4.69) is 6.92 Å². The van der Waals surface area contributed by atoms with Crippen molar-refractivity contribution < 1.29 is 9.47 Å². The summed E-state index contributed by atoms with van der Waals surface area (Å²) in [4.78, 5) is 0. The van der Waals surface area contributed by atoms with Gasteiger partial charge in [-0.1, -0.05) is 37.1 Å². The second-order valence-electron chi connectivity index (χ2n) is 6.06. The van der Waals surface area contributed by atoms with Crippen molar-refractivity contribution in [3.8, 4) is 11.5 Å². The van der Waals surface area contributed by atoms with Crippen LogP contribution in [-0.2, 0) is 0 Å². The Morgan fingerprint density at radius 3 is 2.04 bits per heavy atom. The molecule has 0 aliphatic heterocycles. The minimum Gasteiger partial charge on any atom is -0.491 e.